The Bertz CT molecular complexity index is 504. The summed E-state index contributed by atoms with van der Waals surface area (Å²) in [5.41, 5.74) is 0. The maximum atomic E-state index is 10.6. The van der Waals surface area contributed by atoms with E-state index in [1.807, 2.05) is 0 Å². The predicted octanol–water partition coefficient (Wildman–Crippen LogP) is 5.35. The third-order valence-electron chi connectivity index (χ3n) is 7.16. The van der Waals surface area contributed by atoms with Crippen LogP contribution in [0.4, 0.5) is 0 Å². The van der Waals surface area contributed by atoms with Crippen LogP contribution in [0.15, 0.2) is 24.3 Å². The van der Waals surface area contributed by atoms with Gasteiger partial charge in [0.25, 0.3) is 0 Å². The third-order valence-corrected chi connectivity index (χ3v) is 7.16. The summed E-state index contributed by atoms with van der Waals surface area (Å²) >= 11 is 0. The van der Waals surface area contributed by atoms with Crippen LogP contribution in [0.2, 0.25) is 0 Å². The molecule has 3 aliphatic rings. The van der Waals surface area contributed by atoms with Crippen LogP contribution in [-0.2, 0) is 4.79 Å². The summed E-state index contributed by atoms with van der Waals surface area (Å²) in [4.78, 5) is 10.6. The van der Waals surface area contributed by atoms with E-state index in [2.05, 4.69) is 24.3 Å². The fraction of sp³-hybridized carbons (Fsp3) is 0.783. The number of carboxylic acids is 1. The maximum Gasteiger partial charge on any atom is 0.303 e. The molecular formula is C23H36O3. The largest absolute Gasteiger partial charge is 0.481 e. The molecular weight excluding hydrogens is 324 g/mol. The second-order valence-corrected chi connectivity index (χ2v) is 8.84. The molecule has 0 aliphatic heterocycles. The number of aliphatic hydroxyl groups is 1. The summed E-state index contributed by atoms with van der Waals surface area (Å²) < 4.78 is 0. The van der Waals surface area contributed by atoms with Crippen LogP contribution in [0.5, 0.6) is 0 Å². The molecule has 1 unspecified atom stereocenters. The lowest BCUT2D eigenvalue weighted by Crippen LogP contribution is -2.23. The predicted molar refractivity (Wildman–Crippen MR) is 105 cm³/mol. The lowest BCUT2D eigenvalue weighted by Gasteiger charge is -2.29. The summed E-state index contributed by atoms with van der Waals surface area (Å²) in [5.74, 6) is 2.81. The van der Waals surface area contributed by atoms with Crippen molar-refractivity contribution in [2.75, 3.05) is 0 Å². The van der Waals surface area contributed by atoms with Gasteiger partial charge in [-0.3, -0.25) is 4.79 Å². The zero-order chi connectivity index (χ0) is 18.4. The van der Waals surface area contributed by atoms with Crippen molar-refractivity contribution < 1.29 is 15.0 Å². The highest BCUT2D eigenvalue weighted by Crippen LogP contribution is 2.54. The number of fused-ring (bicyclic) bond motifs is 2. The Labute approximate surface area is 158 Å². The first-order valence-corrected chi connectivity index (χ1v) is 10.9. The van der Waals surface area contributed by atoms with E-state index in [4.69, 9.17) is 5.11 Å². The zero-order valence-electron chi connectivity index (χ0n) is 16.1. The highest BCUT2D eigenvalue weighted by Gasteiger charge is 2.45. The smallest absolute Gasteiger partial charge is 0.303 e. The van der Waals surface area contributed by atoms with Crippen molar-refractivity contribution in [2.24, 2.45) is 29.6 Å². The van der Waals surface area contributed by atoms with E-state index >= 15 is 0 Å². The van der Waals surface area contributed by atoms with Gasteiger partial charge < -0.3 is 10.2 Å². The normalized spacial score (nSPS) is 33.4. The third kappa shape index (κ3) is 5.22. The summed E-state index contributed by atoms with van der Waals surface area (Å²) in [6.07, 6.45) is 22.0. The second kappa shape index (κ2) is 9.73. The number of rotatable bonds is 9. The van der Waals surface area contributed by atoms with E-state index < -0.39 is 5.97 Å². The van der Waals surface area contributed by atoms with Gasteiger partial charge in [0.05, 0.1) is 6.10 Å². The Morgan fingerprint density at radius 3 is 2.58 bits per heavy atom. The molecule has 0 aromatic heterocycles. The average Bonchev–Trinajstić information content (AvgIpc) is 3.24. The van der Waals surface area contributed by atoms with Crippen LogP contribution < -0.4 is 0 Å². The molecule has 3 nitrogen and oxygen atoms in total. The number of unbranched alkanes of at least 4 members (excludes halogenated alkanes) is 1. The van der Waals surface area contributed by atoms with Crippen LogP contribution in [0.25, 0.3) is 0 Å². The van der Waals surface area contributed by atoms with Gasteiger partial charge in [0.15, 0.2) is 0 Å². The average molecular weight is 361 g/mol. The van der Waals surface area contributed by atoms with Gasteiger partial charge >= 0.3 is 5.97 Å². The molecule has 0 heterocycles. The van der Waals surface area contributed by atoms with Gasteiger partial charge in [-0.2, -0.15) is 0 Å². The summed E-state index contributed by atoms with van der Waals surface area (Å²) in [6, 6.07) is 0. The first-order chi connectivity index (χ1) is 12.6. The maximum absolute atomic E-state index is 10.6. The quantitative estimate of drug-likeness (QED) is 0.430. The first-order valence-electron chi connectivity index (χ1n) is 10.9. The number of aliphatic carboxylic acids is 1. The molecule has 26 heavy (non-hydrogen) atoms. The molecule has 5 atom stereocenters. The van der Waals surface area contributed by atoms with E-state index in [1.54, 1.807) is 0 Å². The minimum Gasteiger partial charge on any atom is -0.481 e. The molecule has 3 aliphatic carbocycles. The molecule has 0 saturated heterocycles. The lowest BCUT2D eigenvalue weighted by atomic mass is 9.76. The Morgan fingerprint density at radius 2 is 1.81 bits per heavy atom. The molecule has 3 heteroatoms. The number of allylic oxidation sites excluding steroid dienone is 3. The van der Waals surface area contributed by atoms with E-state index in [1.165, 1.54) is 51.4 Å². The molecule has 0 spiro atoms. The van der Waals surface area contributed by atoms with Crippen molar-refractivity contribution in [1.29, 1.82) is 0 Å². The number of carboxylic acid groups (broad SMARTS) is 1. The van der Waals surface area contributed by atoms with E-state index in [9.17, 15) is 9.90 Å². The van der Waals surface area contributed by atoms with Gasteiger partial charge in [-0.25, -0.2) is 0 Å². The van der Waals surface area contributed by atoms with E-state index in [0.717, 1.165) is 37.0 Å². The van der Waals surface area contributed by atoms with Gasteiger partial charge in [0.2, 0.25) is 0 Å². The molecule has 0 aromatic carbocycles. The second-order valence-electron chi connectivity index (χ2n) is 8.84. The highest BCUT2D eigenvalue weighted by molar-refractivity contribution is 5.66. The van der Waals surface area contributed by atoms with Crippen molar-refractivity contribution >= 4 is 5.97 Å². The number of hydrogen-bond donors (Lipinski definition) is 2. The van der Waals surface area contributed by atoms with Gasteiger partial charge in [0, 0.05) is 6.42 Å². The fourth-order valence-electron chi connectivity index (χ4n) is 5.72. The zero-order valence-corrected chi connectivity index (χ0v) is 16.1. The van der Waals surface area contributed by atoms with Crippen LogP contribution in [-0.4, -0.2) is 22.3 Å². The molecule has 0 amide bonds. The Morgan fingerprint density at radius 1 is 1.04 bits per heavy atom. The lowest BCUT2D eigenvalue weighted by molar-refractivity contribution is -0.137. The summed E-state index contributed by atoms with van der Waals surface area (Å²) in [5, 5.41) is 19.3. The monoisotopic (exact) mass is 360 g/mol. The van der Waals surface area contributed by atoms with Gasteiger partial charge in [-0.05, 0) is 81.0 Å². The highest BCUT2D eigenvalue weighted by atomic mass is 16.4. The molecule has 3 rings (SSSR count). The van der Waals surface area contributed by atoms with Crippen LogP contribution in [0, 0.1) is 29.6 Å². The standard InChI is InChI=1S/C23H36O3/c24-22(17-8-4-3-5-9-17)15-14-21-19-13-12-18(16-19)20(21)10-6-1-2-7-11-23(25)26/h1,6,14-15,17-22,24H,2-5,7-13,16H2,(H,25,26)/b6-1-,15-14+/t18-,19+,20+,21+,22?/m1/s1. The SMILES string of the molecule is O=C(O)CCC/C=C\C[C@H]1[C@@H]2CC[C@@H](C2)[C@@H]1/C=C/C(O)C1CCCCC1. The van der Waals surface area contributed by atoms with Crippen molar-refractivity contribution in [3.05, 3.63) is 24.3 Å². The molecule has 0 aromatic rings. The number of hydrogen-bond acceptors (Lipinski definition) is 2. The first kappa shape index (κ1) is 19.7. The topological polar surface area (TPSA) is 57.5 Å². The van der Waals surface area contributed by atoms with Crippen LogP contribution in [0.1, 0.15) is 77.0 Å². The molecule has 2 bridgehead atoms. The summed E-state index contributed by atoms with van der Waals surface area (Å²) in [6.45, 7) is 0. The number of aliphatic hydroxyl groups excluding tert-OH is 1. The van der Waals surface area contributed by atoms with E-state index in [-0.39, 0.29) is 12.5 Å². The Kier molecular flexibility index (Phi) is 7.36. The molecule has 0 radical (unpaired) electrons. The minimum absolute atomic E-state index is 0.248. The fourth-order valence-corrected chi connectivity index (χ4v) is 5.72. The van der Waals surface area contributed by atoms with Crippen molar-refractivity contribution in [1.82, 2.24) is 0 Å². The molecule has 3 saturated carbocycles. The minimum atomic E-state index is -0.701. The van der Waals surface area contributed by atoms with Crippen molar-refractivity contribution in [2.45, 2.75) is 83.2 Å². The van der Waals surface area contributed by atoms with E-state index in [0.29, 0.717) is 11.8 Å². The van der Waals surface area contributed by atoms with Crippen molar-refractivity contribution in [3.63, 3.8) is 0 Å². The molecule has 146 valence electrons. The van der Waals surface area contributed by atoms with Crippen LogP contribution >= 0.6 is 0 Å². The summed E-state index contributed by atoms with van der Waals surface area (Å²) in [7, 11) is 0. The van der Waals surface area contributed by atoms with Gasteiger partial charge in [-0.15, -0.1) is 0 Å². The molecule has 2 N–H and O–H groups in total. The van der Waals surface area contributed by atoms with Crippen molar-refractivity contribution in [3.8, 4) is 0 Å². The van der Waals surface area contributed by atoms with Crippen LogP contribution in [0.3, 0.4) is 0 Å². The Balaban J connectivity index is 1.49. The number of carbonyl (C=O) groups is 1. The van der Waals surface area contributed by atoms with Gasteiger partial charge in [0.1, 0.15) is 0 Å². The van der Waals surface area contributed by atoms with Gasteiger partial charge in [-0.1, -0.05) is 43.6 Å². The Hall–Kier alpha value is -1.09. The molecule has 3 fully saturated rings.